The molecule has 2 fully saturated rings. The molecule has 5 heterocycles. The molecular formula is C30H35F3N6O4. The van der Waals surface area contributed by atoms with Crippen molar-refractivity contribution in [2.24, 2.45) is 0 Å². The van der Waals surface area contributed by atoms with Gasteiger partial charge in [0.15, 0.2) is 6.23 Å². The molecule has 0 saturated carbocycles. The van der Waals surface area contributed by atoms with E-state index in [4.69, 9.17) is 14.2 Å². The SMILES string of the molecule is CC(C)(C)OC(=O)N1CC(Nc2cnc(C3=C(CC(F)(F)F)CCOc4c3ccc3c4cnn3C3CCCCO3)cn2)C1. The van der Waals surface area contributed by atoms with Gasteiger partial charge in [0.25, 0.3) is 0 Å². The van der Waals surface area contributed by atoms with E-state index in [1.54, 1.807) is 17.2 Å². The van der Waals surface area contributed by atoms with E-state index in [-0.39, 0.29) is 37.0 Å². The maximum Gasteiger partial charge on any atom is 0.410 e. The monoisotopic (exact) mass is 600 g/mol. The molecule has 0 bridgehead atoms. The fourth-order valence-electron chi connectivity index (χ4n) is 5.71. The predicted octanol–water partition coefficient (Wildman–Crippen LogP) is 6.09. The first-order valence-electron chi connectivity index (χ1n) is 14.6. The Labute approximate surface area is 247 Å². The summed E-state index contributed by atoms with van der Waals surface area (Å²) in [6.07, 6.45) is 1.60. The number of anilines is 1. The van der Waals surface area contributed by atoms with Crippen molar-refractivity contribution < 1.29 is 32.2 Å². The molecule has 1 N–H and O–H groups in total. The van der Waals surface area contributed by atoms with Crippen molar-refractivity contribution in [2.45, 2.75) is 76.9 Å². The van der Waals surface area contributed by atoms with Crippen LogP contribution in [0.5, 0.6) is 5.75 Å². The minimum absolute atomic E-state index is 0.0438. The topological polar surface area (TPSA) is 104 Å². The van der Waals surface area contributed by atoms with Crippen molar-refractivity contribution in [3.05, 3.63) is 47.6 Å². The average molecular weight is 601 g/mol. The summed E-state index contributed by atoms with van der Waals surface area (Å²) < 4.78 is 60.5. The van der Waals surface area contributed by atoms with Crippen molar-refractivity contribution in [1.82, 2.24) is 24.6 Å². The molecule has 230 valence electrons. The molecule has 0 aliphatic carbocycles. The molecule has 13 heteroatoms. The van der Waals surface area contributed by atoms with E-state index in [0.29, 0.717) is 53.5 Å². The third-order valence-electron chi connectivity index (χ3n) is 7.64. The molecule has 0 spiro atoms. The number of hydrogen-bond donors (Lipinski definition) is 1. The lowest BCUT2D eigenvalue weighted by Gasteiger charge is -2.40. The lowest BCUT2D eigenvalue weighted by atomic mass is 9.92. The van der Waals surface area contributed by atoms with E-state index in [9.17, 15) is 18.0 Å². The Bertz CT molecular complexity index is 1520. The van der Waals surface area contributed by atoms with Crippen LogP contribution in [0.3, 0.4) is 0 Å². The number of hydrogen-bond acceptors (Lipinski definition) is 8. The minimum Gasteiger partial charge on any atom is -0.492 e. The normalized spacial score (nSPS) is 19.9. The van der Waals surface area contributed by atoms with Gasteiger partial charge in [-0.25, -0.2) is 14.5 Å². The number of rotatable bonds is 5. The van der Waals surface area contributed by atoms with Crippen LogP contribution < -0.4 is 10.1 Å². The van der Waals surface area contributed by atoms with Gasteiger partial charge in [0.05, 0.1) is 54.3 Å². The number of aromatic nitrogens is 4. The van der Waals surface area contributed by atoms with E-state index in [1.807, 2.05) is 31.5 Å². The van der Waals surface area contributed by atoms with Crippen LogP contribution in [-0.2, 0) is 9.47 Å². The summed E-state index contributed by atoms with van der Waals surface area (Å²) in [6.45, 7) is 7.08. The largest absolute Gasteiger partial charge is 0.492 e. The molecule has 2 aromatic heterocycles. The second kappa shape index (κ2) is 11.3. The van der Waals surface area contributed by atoms with Crippen molar-refractivity contribution in [3.8, 4) is 5.75 Å². The summed E-state index contributed by atoms with van der Waals surface area (Å²) in [5, 5.41) is 8.51. The third kappa shape index (κ3) is 6.41. The third-order valence-corrected chi connectivity index (χ3v) is 7.64. The van der Waals surface area contributed by atoms with Crippen molar-refractivity contribution in [2.75, 3.05) is 31.6 Å². The highest BCUT2D eigenvalue weighted by atomic mass is 19.4. The maximum absolute atomic E-state index is 13.7. The van der Waals surface area contributed by atoms with Gasteiger partial charge in [-0.1, -0.05) is 0 Å². The van der Waals surface area contributed by atoms with E-state index in [0.717, 1.165) is 24.8 Å². The Kier molecular flexibility index (Phi) is 7.69. The van der Waals surface area contributed by atoms with E-state index in [1.165, 1.54) is 12.4 Å². The predicted molar refractivity (Wildman–Crippen MR) is 153 cm³/mol. The first-order chi connectivity index (χ1) is 20.4. The summed E-state index contributed by atoms with van der Waals surface area (Å²) in [6, 6.07) is 3.59. The Morgan fingerprint density at radius 2 is 1.91 bits per heavy atom. The highest BCUT2D eigenvalue weighted by Gasteiger charge is 2.35. The number of amides is 1. The highest BCUT2D eigenvalue weighted by Crippen LogP contribution is 2.44. The average Bonchev–Trinajstić information content (AvgIpc) is 3.27. The second-order valence-electron chi connectivity index (χ2n) is 12.2. The number of nitrogens with zero attached hydrogens (tertiary/aromatic N) is 5. The van der Waals surface area contributed by atoms with Gasteiger partial charge >= 0.3 is 12.3 Å². The number of carbonyl (C=O) groups excluding carboxylic acids is 1. The number of benzene rings is 1. The van der Waals surface area contributed by atoms with Crippen molar-refractivity contribution in [1.29, 1.82) is 0 Å². The van der Waals surface area contributed by atoms with Crippen LogP contribution in [0.4, 0.5) is 23.8 Å². The van der Waals surface area contributed by atoms with Gasteiger partial charge in [-0.05, 0) is 57.7 Å². The molecule has 1 amide bonds. The quantitative estimate of drug-likeness (QED) is 0.375. The Morgan fingerprint density at radius 1 is 1.09 bits per heavy atom. The van der Waals surface area contributed by atoms with E-state index >= 15 is 0 Å². The smallest absolute Gasteiger partial charge is 0.410 e. The summed E-state index contributed by atoms with van der Waals surface area (Å²) in [5.41, 5.74) is 1.63. The van der Waals surface area contributed by atoms with Crippen LogP contribution in [0.1, 0.15) is 70.4 Å². The van der Waals surface area contributed by atoms with Gasteiger partial charge in [-0.2, -0.15) is 18.3 Å². The van der Waals surface area contributed by atoms with Gasteiger partial charge in [0, 0.05) is 37.3 Å². The lowest BCUT2D eigenvalue weighted by Crippen LogP contribution is -2.58. The van der Waals surface area contributed by atoms with Gasteiger partial charge < -0.3 is 24.4 Å². The number of ether oxygens (including phenoxy) is 3. The van der Waals surface area contributed by atoms with E-state index < -0.39 is 18.2 Å². The Balaban J connectivity index is 1.27. The molecule has 2 saturated heterocycles. The van der Waals surface area contributed by atoms with Crippen LogP contribution in [0.15, 0.2) is 36.3 Å². The molecule has 43 heavy (non-hydrogen) atoms. The summed E-state index contributed by atoms with van der Waals surface area (Å²) >= 11 is 0. The highest BCUT2D eigenvalue weighted by molar-refractivity contribution is 5.95. The van der Waals surface area contributed by atoms with Gasteiger partial charge in [0.1, 0.15) is 17.2 Å². The lowest BCUT2D eigenvalue weighted by molar-refractivity contribution is -0.127. The van der Waals surface area contributed by atoms with E-state index in [2.05, 4.69) is 20.4 Å². The van der Waals surface area contributed by atoms with Crippen LogP contribution in [-0.4, -0.2) is 74.9 Å². The molecule has 1 aromatic carbocycles. The van der Waals surface area contributed by atoms with Crippen LogP contribution in [0.25, 0.3) is 16.5 Å². The van der Waals surface area contributed by atoms with Crippen molar-refractivity contribution >= 4 is 28.4 Å². The molecule has 3 aliphatic heterocycles. The number of alkyl halides is 3. The fourth-order valence-corrected chi connectivity index (χ4v) is 5.71. The van der Waals surface area contributed by atoms with Crippen LogP contribution in [0, 0.1) is 0 Å². The number of halogens is 3. The zero-order valence-corrected chi connectivity index (χ0v) is 24.4. The van der Waals surface area contributed by atoms with Gasteiger partial charge in [0.2, 0.25) is 0 Å². The first-order valence-corrected chi connectivity index (χ1v) is 14.6. The Morgan fingerprint density at radius 3 is 2.58 bits per heavy atom. The van der Waals surface area contributed by atoms with Crippen LogP contribution >= 0.6 is 0 Å². The van der Waals surface area contributed by atoms with Crippen LogP contribution in [0.2, 0.25) is 0 Å². The summed E-state index contributed by atoms with van der Waals surface area (Å²) in [5.74, 6) is 0.942. The molecule has 10 nitrogen and oxygen atoms in total. The fraction of sp³-hybridized carbons (Fsp3) is 0.533. The summed E-state index contributed by atoms with van der Waals surface area (Å²) in [7, 11) is 0. The molecule has 6 rings (SSSR count). The number of likely N-dealkylation sites (tertiary alicyclic amines) is 1. The molecule has 3 aromatic rings. The minimum atomic E-state index is -4.41. The molecule has 0 radical (unpaired) electrons. The maximum atomic E-state index is 13.7. The number of nitrogens with one attached hydrogen (secondary N) is 1. The number of fused-ring (bicyclic) bond motifs is 3. The summed E-state index contributed by atoms with van der Waals surface area (Å²) in [4.78, 5) is 22.8. The number of carbonyl (C=O) groups is 1. The molecular weight excluding hydrogens is 565 g/mol. The van der Waals surface area contributed by atoms with Gasteiger partial charge in [-0.3, -0.25) is 4.98 Å². The molecule has 1 atom stereocenters. The standard InChI is InChI=1S/C30H35F3N6O4/c1-29(2,3)43-28(40)38-16-19(17-38)37-24-15-34-22(14-35-24)26-18(12-30(31,32)33)9-11-42-27-20(26)7-8-23-21(27)13-36-39(23)25-6-4-5-10-41-25/h7-8,13-15,19,25H,4-6,9-12,16-17H2,1-3H3,(H,35,37). The zero-order valence-electron chi connectivity index (χ0n) is 24.4. The second-order valence-corrected chi connectivity index (χ2v) is 12.2. The molecule has 3 aliphatic rings. The zero-order chi connectivity index (χ0) is 30.4. The molecule has 1 unspecified atom stereocenters. The Hall–Kier alpha value is -3.87. The first kappa shape index (κ1) is 29.2. The van der Waals surface area contributed by atoms with Gasteiger partial charge in [-0.15, -0.1) is 0 Å². The van der Waals surface area contributed by atoms with Crippen molar-refractivity contribution in [3.63, 3.8) is 0 Å².